The molecule has 1 amide bonds. The molecule has 19 heavy (non-hydrogen) atoms. The molecule has 100 valence electrons. The number of rotatable bonds is 4. The second-order valence-electron chi connectivity index (χ2n) is 3.82. The minimum Gasteiger partial charge on any atom is -0.426 e. The highest BCUT2D eigenvalue weighted by atomic mass is 35.5. The summed E-state index contributed by atoms with van der Waals surface area (Å²) in [6, 6.07) is 4.08. The van der Waals surface area contributed by atoms with Gasteiger partial charge in [0.15, 0.2) is 0 Å². The number of carbonyl (C=O) groups excluding carboxylic acids is 1. The maximum Gasteiger partial charge on any atom is 0.255 e. The van der Waals surface area contributed by atoms with Crippen LogP contribution in [0, 0.1) is 12.7 Å². The van der Waals surface area contributed by atoms with Gasteiger partial charge in [-0.05, 0) is 12.1 Å². The van der Waals surface area contributed by atoms with E-state index in [1.807, 2.05) is 0 Å². The summed E-state index contributed by atoms with van der Waals surface area (Å²) in [6.45, 7) is 1.93. The van der Waals surface area contributed by atoms with E-state index in [1.165, 1.54) is 18.2 Å². The molecule has 1 N–H and O–H groups in total. The quantitative estimate of drug-likeness (QED) is 0.933. The van der Waals surface area contributed by atoms with Crippen LogP contribution in [0.2, 0.25) is 5.02 Å². The number of halogens is 2. The Balaban J connectivity index is 1.94. The van der Waals surface area contributed by atoms with E-state index in [0.29, 0.717) is 18.2 Å². The Morgan fingerprint density at radius 2 is 2.26 bits per heavy atom. The van der Waals surface area contributed by atoms with E-state index in [-0.39, 0.29) is 17.1 Å². The van der Waals surface area contributed by atoms with Gasteiger partial charge in [-0.15, -0.1) is 10.2 Å². The van der Waals surface area contributed by atoms with Crippen LogP contribution in [0.3, 0.4) is 0 Å². The third-order valence-corrected chi connectivity index (χ3v) is 2.70. The zero-order valence-corrected chi connectivity index (χ0v) is 10.9. The van der Waals surface area contributed by atoms with Crippen LogP contribution < -0.4 is 5.32 Å². The third kappa shape index (κ3) is 3.29. The lowest BCUT2D eigenvalue weighted by Crippen LogP contribution is -2.27. The van der Waals surface area contributed by atoms with Gasteiger partial charge in [-0.1, -0.05) is 17.7 Å². The topological polar surface area (TPSA) is 68.0 Å². The normalized spacial score (nSPS) is 10.5. The van der Waals surface area contributed by atoms with E-state index >= 15 is 0 Å². The van der Waals surface area contributed by atoms with Gasteiger partial charge in [-0.2, -0.15) is 0 Å². The van der Waals surface area contributed by atoms with Crippen molar-refractivity contribution < 1.29 is 13.6 Å². The molecule has 0 fully saturated rings. The molecule has 0 unspecified atom stereocenters. The van der Waals surface area contributed by atoms with Crippen LogP contribution >= 0.6 is 11.6 Å². The van der Waals surface area contributed by atoms with Crippen LogP contribution in [0.25, 0.3) is 0 Å². The standard InChI is InChI=1S/C12H11ClFN3O2/c1-7-16-17-10(19-7)5-6-15-12(18)11-8(13)3-2-4-9(11)14/h2-4H,5-6H2,1H3,(H,15,18). The van der Waals surface area contributed by atoms with E-state index < -0.39 is 11.7 Å². The summed E-state index contributed by atoms with van der Waals surface area (Å²) in [5.41, 5.74) is -0.161. The molecule has 0 aliphatic heterocycles. The number of aryl methyl sites for hydroxylation is 1. The summed E-state index contributed by atoms with van der Waals surface area (Å²) >= 11 is 5.78. The third-order valence-electron chi connectivity index (χ3n) is 2.38. The van der Waals surface area contributed by atoms with E-state index in [2.05, 4.69) is 15.5 Å². The molecular formula is C12H11ClFN3O2. The second kappa shape index (κ2) is 5.79. The fourth-order valence-corrected chi connectivity index (χ4v) is 1.77. The molecule has 0 bridgehead atoms. The molecule has 2 rings (SSSR count). The number of carbonyl (C=O) groups is 1. The molecule has 1 aromatic carbocycles. The fourth-order valence-electron chi connectivity index (χ4n) is 1.52. The smallest absolute Gasteiger partial charge is 0.255 e. The molecule has 0 saturated heterocycles. The molecule has 0 aliphatic rings. The molecule has 0 aliphatic carbocycles. The molecule has 0 spiro atoms. The average Bonchev–Trinajstić information content (AvgIpc) is 2.75. The van der Waals surface area contributed by atoms with Crippen LogP contribution in [0.1, 0.15) is 22.1 Å². The number of hydrogen-bond acceptors (Lipinski definition) is 4. The number of nitrogens with zero attached hydrogens (tertiary/aromatic N) is 2. The van der Waals surface area contributed by atoms with Crippen molar-refractivity contribution in [2.75, 3.05) is 6.54 Å². The van der Waals surface area contributed by atoms with Gasteiger partial charge in [0.2, 0.25) is 11.8 Å². The Morgan fingerprint density at radius 3 is 2.89 bits per heavy atom. The predicted octanol–water partition coefficient (Wildman–Crippen LogP) is 2.14. The van der Waals surface area contributed by atoms with E-state index in [4.69, 9.17) is 16.0 Å². The first-order chi connectivity index (χ1) is 9.08. The summed E-state index contributed by atoms with van der Waals surface area (Å²) in [4.78, 5) is 11.8. The molecule has 0 atom stereocenters. The van der Waals surface area contributed by atoms with E-state index in [1.54, 1.807) is 6.92 Å². The van der Waals surface area contributed by atoms with Crippen LogP contribution in [-0.2, 0) is 6.42 Å². The molecule has 7 heteroatoms. The Bertz CT molecular complexity index is 580. The minimum atomic E-state index is -0.654. The monoisotopic (exact) mass is 283 g/mol. The highest BCUT2D eigenvalue weighted by Crippen LogP contribution is 2.18. The molecule has 0 radical (unpaired) electrons. The van der Waals surface area contributed by atoms with Crippen LogP contribution in [0.4, 0.5) is 4.39 Å². The SMILES string of the molecule is Cc1nnc(CCNC(=O)c2c(F)cccc2Cl)o1. The van der Waals surface area contributed by atoms with Gasteiger partial charge in [-0.25, -0.2) is 4.39 Å². The zero-order chi connectivity index (χ0) is 13.8. The number of aromatic nitrogens is 2. The summed E-state index contributed by atoms with van der Waals surface area (Å²) < 4.78 is 18.6. The molecule has 2 aromatic rings. The zero-order valence-electron chi connectivity index (χ0n) is 10.1. The maximum absolute atomic E-state index is 13.5. The number of benzene rings is 1. The van der Waals surface area contributed by atoms with E-state index in [0.717, 1.165) is 0 Å². The molecule has 1 aromatic heterocycles. The van der Waals surface area contributed by atoms with Gasteiger partial charge < -0.3 is 9.73 Å². The Morgan fingerprint density at radius 1 is 1.47 bits per heavy atom. The van der Waals surface area contributed by atoms with E-state index in [9.17, 15) is 9.18 Å². The molecule has 5 nitrogen and oxygen atoms in total. The van der Waals surface area contributed by atoms with Crippen molar-refractivity contribution in [3.63, 3.8) is 0 Å². The van der Waals surface area contributed by atoms with Crippen molar-refractivity contribution >= 4 is 17.5 Å². The van der Waals surface area contributed by atoms with Gasteiger partial charge in [0.25, 0.3) is 5.91 Å². The van der Waals surface area contributed by atoms with Crippen molar-refractivity contribution in [1.82, 2.24) is 15.5 Å². The van der Waals surface area contributed by atoms with Gasteiger partial charge >= 0.3 is 0 Å². The maximum atomic E-state index is 13.5. The van der Waals surface area contributed by atoms with Crippen LogP contribution in [0.5, 0.6) is 0 Å². The Labute approximate surface area is 113 Å². The van der Waals surface area contributed by atoms with Crippen molar-refractivity contribution in [2.45, 2.75) is 13.3 Å². The first-order valence-electron chi connectivity index (χ1n) is 5.59. The Hall–Kier alpha value is -1.95. The van der Waals surface area contributed by atoms with Crippen molar-refractivity contribution in [2.24, 2.45) is 0 Å². The first-order valence-corrected chi connectivity index (χ1v) is 5.97. The number of nitrogens with one attached hydrogen (secondary N) is 1. The molecule has 0 saturated carbocycles. The highest BCUT2D eigenvalue weighted by Gasteiger charge is 2.15. The molecular weight excluding hydrogens is 273 g/mol. The largest absolute Gasteiger partial charge is 0.426 e. The fraction of sp³-hybridized carbons (Fsp3) is 0.250. The lowest BCUT2D eigenvalue weighted by Gasteiger charge is -2.06. The van der Waals surface area contributed by atoms with Crippen molar-refractivity contribution in [3.05, 3.63) is 46.4 Å². The van der Waals surface area contributed by atoms with Crippen LogP contribution in [-0.4, -0.2) is 22.6 Å². The Kier molecular flexibility index (Phi) is 4.11. The van der Waals surface area contributed by atoms with Crippen molar-refractivity contribution in [1.29, 1.82) is 0 Å². The average molecular weight is 284 g/mol. The number of hydrogen-bond donors (Lipinski definition) is 1. The summed E-state index contributed by atoms with van der Waals surface area (Å²) in [5.74, 6) is -0.353. The molecule has 1 heterocycles. The van der Waals surface area contributed by atoms with Gasteiger partial charge in [0.05, 0.1) is 10.6 Å². The summed E-state index contributed by atoms with van der Waals surface area (Å²) in [7, 11) is 0. The first kappa shape index (κ1) is 13.5. The second-order valence-corrected chi connectivity index (χ2v) is 4.22. The lowest BCUT2D eigenvalue weighted by atomic mass is 10.2. The minimum absolute atomic E-state index is 0.0751. The summed E-state index contributed by atoms with van der Waals surface area (Å²) in [5, 5.41) is 10.1. The summed E-state index contributed by atoms with van der Waals surface area (Å²) in [6.07, 6.45) is 0.374. The lowest BCUT2D eigenvalue weighted by molar-refractivity contribution is 0.0949. The predicted molar refractivity (Wildman–Crippen MR) is 66.5 cm³/mol. The van der Waals surface area contributed by atoms with Gasteiger partial charge in [-0.3, -0.25) is 4.79 Å². The number of amides is 1. The highest BCUT2D eigenvalue weighted by molar-refractivity contribution is 6.33. The van der Waals surface area contributed by atoms with Gasteiger partial charge in [0.1, 0.15) is 5.82 Å². The van der Waals surface area contributed by atoms with Crippen molar-refractivity contribution in [3.8, 4) is 0 Å². The van der Waals surface area contributed by atoms with Gasteiger partial charge in [0, 0.05) is 19.9 Å². The van der Waals surface area contributed by atoms with Crippen LogP contribution in [0.15, 0.2) is 22.6 Å².